The molecule has 0 radical (unpaired) electrons. The molecule has 3 aromatic rings. The Morgan fingerprint density at radius 1 is 1.06 bits per heavy atom. The van der Waals surface area contributed by atoms with Gasteiger partial charge in [-0.1, -0.05) is 12.1 Å². The molecule has 1 atom stereocenters. The summed E-state index contributed by atoms with van der Waals surface area (Å²) in [6.07, 6.45) is 2.53. The van der Waals surface area contributed by atoms with Crippen LogP contribution in [0.25, 0.3) is 11.1 Å². The Balaban J connectivity index is 1.06. The molecule has 178 valence electrons. The molecule has 34 heavy (non-hydrogen) atoms. The van der Waals surface area contributed by atoms with Crippen molar-refractivity contribution in [3.8, 4) is 17.6 Å². The lowest BCUT2D eigenvalue weighted by Crippen LogP contribution is -2.50. The lowest BCUT2D eigenvalue weighted by atomic mass is 10.0. The van der Waals surface area contributed by atoms with E-state index in [0.29, 0.717) is 30.8 Å². The van der Waals surface area contributed by atoms with Crippen LogP contribution >= 0.6 is 0 Å². The molecule has 2 fully saturated rings. The number of aliphatic carboxylic acids is 1. The molecule has 2 aliphatic rings. The molecule has 0 spiro atoms. The summed E-state index contributed by atoms with van der Waals surface area (Å²) in [6.45, 7) is 2.95. The number of oxazole rings is 1. The summed E-state index contributed by atoms with van der Waals surface area (Å²) in [5.74, 6) is 0.425. The van der Waals surface area contributed by atoms with Crippen molar-refractivity contribution >= 4 is 23.0 Å². The van der Waals surface area contributed by atoms with Crippen LogP contribution in [0, 0.1) is 0 Å². The largest absolute Gasteiger partial charge is 0.492 e. The van der Waals surface area contributed by atoms with Crippen LogP contribution in [0.3, 0.4) is 0 Å². The smallest absolute Gasteiger partial charge is 0.400 e. The average Bonchev–Trinajstić information content (AvgIpc) is 3.43. The standard InChI is InChI=1S/C25H27N3O6/c29-23-10-9-21(24(30)31)28(23)17-11-13-27(14-12-17)15-16-32-18-5-7-19(8-6-18)33-25-26-20-3-1-2-4-22(20)34-25/h1-8,17,21H,9-16H2,(H,30,31). The topological polar surface area (TPSA) is 105 Å². The number of carbonyl (C=O) groups excluding carboxylic acids is 1. The number of nitrogens with zero attached hydrogens (tertiary/aromatic N) is 3. The van der Waals surface area contributed by atoms with Crippen LogP contribution in [0.15, 0.2) is 52.9 Å². The van der Waals surface area contributed by atoms with Crippen LogP contribution in [0.4, 0.5) is 0 Å². The van der Waals surface area contributed by atoms with E-state index in [4.69, 9.17) is 13.9 Å². The van der Waals surface area contributed by atoms with E-state index in [1.807, 2.05) is 48.5 Å². The van der Waals surface area contributed by atoms with Crippen LogP contribution in [0.5, 0.6) is 17.6 Å². The van der Waals surface area contributed by atoms with Gasteiger partial charge in [0.25, 0.3) is 0 Å². The van der Waals surface area contributed by atoms with E-state index in [-0.39, 0.29) is 18.0 Å². The summed E-state index contributed by atoms with van der Waals surface area (Å²) in [7, 11) is 0. The third kappa shape index (κ3) is 4.84. The second-order valence-corrected chi connectivity index (χ2v) is 8.64. The van der Waals surface area contributed by atoms with Gasteiger partial charge in [0.05, 0.1) is 0 Å². The minimum absolute atomic E-state index is 0.0158. The van der Waals surface area contributed by atoms with Gasteiger partial charge in [0, 0.05) is 32.1 Å². The number of ether oxygens (including phenoxy) is 2. The molecule has 1 aromatic heterocycles. The number of carbonyl (C=O) groups is 2. The molecule has 2 aliphatic heterocycles. The maximum Gasteiger partial charge on any atom is 0.400 e. The molecular weight excluding hydrogens is 438 g/mol. The van der Waals surface area contributed by atoms with Gasteiger partial charge < -0.3 is 23.9 Å². The Hall–Kier alpha value is -3.59. The van der Waals surface area contributed by atoms with E-state index in [1.165, 1.54) is 0 Å². The summed E-state index contributed by atoms with van der Waals surface area (Å²) in [5.41, 5.74) is 1.42. The molecule has 9 nitrogen and oxygen atoms in total. The fourth-order valence-electron chi connectivity index (χ4n) is 4.72. The minimum Gasteiger partial charge on any atom is -0.492 e. The Morgan fingerprint density at radius 3 is 2.53 bits per heavy atom. The van der Waals surface area contributed by atoms with Crippen molar-refractivity contribution in [1.82, 2.24) is 14.8 Å². The maximum absolute atomic E-state index is 12.2. The first kappa shape index (κ1) is 22.2. The first-order chi connectivity index (χ1) is 16.6. The van der Waals surface area contributed by atoms with E-state index >= 15 is 0 Å². The van der Waals surface area contributed by atoms with Crippen LogP contribution < -0.4 is 9.47 Å². The highest BCUT2D eigenvalue weighted by Crippen LogP contribution is 2.28. The van der Waals surface area contributed by atoms with Crippen molar-refractivity contribution in [3.05, 3.63) is 48.5 Å². The molecule has 0 aliphatic carbocycles. The van der Waals surface area contributed by atoms with Crippen LogP contribution in [0.1, 0.15) is 25.7 Å². The molecule has 3 heterocycles. The zero-order chi connectivity index (χ0) is 23.5. The summed E-state index contributed by atoms with van der Waals surface area (Å²) < 4.78 is 17.1. The number of fused-ring (bicyclic) bond motifs is 1. The third-order valence-electron chi connectivity index (χ3n) is 6.47. The molecule has 5 rings (SSSR count). The van der Waals surface area contributed by atoms with Crippen molar-refractivity contribution in [2.45, 2.75) is 37.8 Å². The van der Waals surface area contributed by atoms with Crippen LogP contribution in [-0.4, -0.2) is 70.1 Å². The fraction of sp³-hybridized carbons (Fsp3) is 0.400. The third-order valence-corrected chi connectivity index (χ3v) is 6.47. The second kappa shape index (κ2) is 9.72. The Kier molecular flexibility index (Phi) is 6.35. The van der Waals surface area contributed by atoms with Crippen molar-refractivity contribution in [2.24, 2.45) is 0 Å². The number of aromatic nitrogens is 1. The van der Waals surface area contributed by atoms with Gasteiger partial charge in [-0.15, -0.1) is 0 Å². The van der Waals surface area contributed by atoms with Gasteiger partial charge >= 0.3 is 12.0 Å². The summed E-state index contributed by atoms with van der Waals surface area (Å²) in [6, 6.07) is 14.1. The van der Waals surface area contributed by atoms with E-state index in [9.17, 15) is 14.7 Å². The van der Waals surface area contributed by atoms with Gasteiger partial charge in [-0.25, -0.2) is 4.79 Å². The van der Waals surface area contributed by atoms with Crippen molar-refractivity contribution in [2.75, 3.05) is 26.2 Å². The Morgan fingerprint density at radius 2 is 1.79 bits per heavy atom. The lowest BCUT2D eigenvalue weighted by Gasteiger charge is -2.38. The fourth-order valence-corrected chi connectivity index (χ4v) is 4.72. The highest BCUT2D eigenvalue weighted by atomic mass is 16.6. The zero-order valence-electron chi connectivity index (χ0n) is 18.8. The molecule has 1 N–H and O–H groups in total. The SMILES string of the molecule is O=C(O)C1CCC(=O)N1C1CCN(CCOc2ccc(Oc3nc4ccccc4o3)cc2)CC1. The number of benzene rings is 2. The number of carboxylic acids is 1. The van der Waals surface area contributed by atoms with Crippen molar-refractivity contribution < 1.29 is 28.6 Å². The lowest BCUT2D eigenvalue weighted by molar-refractivity contribution is -0.148. The van der Waals surface area contributed by atoms with Crippen molar-refractivity contribution in [1.29, 1.82) is 0 Å². The first-order valence-electron chi connectivity index (χ1n) is 11.6. The van der Waals surface area contributed by atoms with E-state index in [1.54, 1.807) is 4.90 Å². The molecule has 0 saturated carbocycles. The number of rotatable bonds is 8. The van der Waals surface area contributed by atoms with Gasteiger partial charge in [0.15, 0.2) is 5.58 Å². The van der Waals surface area contributed by atoms with E-state index < -0.39 is 12.0 Å². The number of hydrogen-bond acceptors (Lipinski definition) is 7. The van der Waals surface area contributed by atoms with Crippen molar-refractivity contribution in [3.63, 3.8) is 0 Å². The van der Waals surface area contributed by atoms with E-state index in [2.05, 4.69) is 9.88 Å². The molecule has 9 heteroatoms. The highest BCUT2D eigenvalue weighted by Gasteiger charge is 2.41. The highest BCUT2D eigenvalue weighted by molar-refractivity contribution is 5.87. The predicted molar refractivity (Wildman–Crippen MR) is 123 cm³/mol. The van der Waals surface area contributed by atoms with Gasteiger partial charge in [-0.3, -0.25) is 9.69 Å². The Labute approximate surface area is 196 Å². The normalized spacial score (nSPS) is 19.6. The second-order valence-electron chi connectivity index (χ2n) is 8.64. The quantitative estimate of drug-likeness (QED) is 0.539. The Bertz CT molecular complexity index is 1120. The number of likely N-dealkylation sites (tertiary alicyclic amines) is 2. The van der Waals surface area contributed by atoms with Crippen LogP contribution in [-0.2, 0) is 9.59 Å². The maximum atomic E-state index is 12.2. The number of hydrogen-bond donors (Lipinski definition) is 1. The molecule has 2 aromatic carbocycles. The summed E-state index contributed by atoms with van der Waals surface area (Å²) >= 11 is 0. The van der Waals surface area contributed by atoms with Gasteiger partial charge in [-0.2, -0.15) is 4.98 Å². The van der Waals surface area contributed by atoms with E-state index in [0.717, 1.165) is 43.7 Å². The predicted octanol–water partition coefficient (Wildman–Crippen LogP) is 3.54. The van der Waals surface area contributed by atoms with Crippen LogP contribution in [0.2, 0.25) is 0 Å². The number of piperidine rings is 1. The number of amides is 1. The number of carboxylic acid groups (broad SMARTS) is 1. The van der Waals surface area contributed by atoms with Gasteiger partial charge in [-0.05, 0) is 55.7 Å². The molecule has 1 amide bonds. The molecule has 1 unspecified atom stereocenters. The van der Waals surface area contributed by atoms with Gasteiger partial charge in [0.2, 0.25) is 5.91 Å². The summed E-state index contributed by atoms with van der Waals surface area (Å²) in [4.78, 5) is 31.8. The molecule has 0 bridgehead atoms. The van der Waals surface area contributed by atoms with Gasteiger partial charge in [0.1, 0.15) is 29.7 Å². The monoisotopic (exact) mass is 465 g/mol. The molecular formula is C25H27N3O6. The summed E-state index contributed by atoms with van der Waals surface area (Å²) in [5, 5.41) is 9.39. The molecule has 2 saturated heterocycles. The first-order valence-corrected chi connectivity index (χ1v) is 11.6. The average molecular weight is 466 g/mol. The number of para-hydroxylation sites is 2. The zero-order valence-corrected chi connectivity index (χ0v) is 18.8. The minimum atomic E-state index is -0.896.